The maximum Gasteiger partial charge on any atom is 0.301 e. The van der Waals surface area contributed by atoms with E-state index >= 15 is 0 Å². The highest BCUT2D eigenvalue weighted by Crippen LogP contribution is 2.28. The molecule has 78 valence electrons. The Morgan fingerprint density at radius 1 is 1.40 bits per heavy atom. The molecular weight excluding hydrogens is 201 g/mol. The van der Waals surface area contributed by atoms with Crippen LogP contribution in [0.4, 0.5) is 10.1 Å². The van der Waals surface area contributed by atoms with Crippen molar-refractivity contribution in [1.29, 1.82) is 0 Å². The fourth-order valence-corrected chi connectivity index (χ4v) is 1.53. The van der Waals surface area contributed by atoms with Gasteiger partial charge in [-0.15, -0.1) is 0 Å². The Morgan fingerprint density at radius 2 is 2.13 bits per heavy atom. The van der Waals surface area contributed by atoms with Crippen LogP contribution in [0.1, 0.15) is 10.4 Å². The number of hydrogen-bond acceptors (Lipinski definition) is 3. The second kappa shape index (κ2) is 3.43. The highest BCUT2D eigenvalue weighted by Gasteiger charge is 2.35. The Kier molecular flexibility index (Phi) is 2.24. The third kappa shape index (κ3) is 1.41. The van der Waals surface area contributed by atoms with Gasteiger partial charge in [-0.3, -0.25) is 14.5 Å². The van der Waals surface area contributed by atoms with E-state index in [-0.39, 0.29) is 12.3 Å². The molecule has 1 aromatic carbocycles. The summed E-state index contributed by atoms with van der Waals surface area (Å²) >= 11 is 0. The Labute approximate surface area is 85.2 Å². The number of hydrogen-bond donors (Lipinski definition) is 0. The molecule has 5 heteroatoms. The molecule has 0 N–H and O–H groups in total. The van der Waals surface area contributed by atoms with Gasteiger partial charge in [-0.2, -0.15) is 0 Å². The lowest BCUT2D eigenvalue weighted by atomic mass is 10.1. The lowest BCUT2D eigenvalue weighted by molar-refractivity contribution is -0.115. The normalized spacial score (nSPS) is 14.7. The number of halogens is 1. The maximum absolute atomic E-state index is 12.9. The fourth-order valence-electron chi connectivity index (χ4n) is 1.53. The molecule has 0 unspecified atom stereocenters. The first-order chi connectivity index (χ1) is 7.15. The largest absolute Gasteiger partial charge is 0.364 e. The lowest BCUT2D eigenvalue weighted by Crippen LogP contribution is -2.31. The average Bonchev–Trinajstić information content (AvgIpc) is 2.44. The summed E-state index contributed by atoms with van der Waals surface area (Å²) in [6.07, 6.45) is 0. The van der Waals surface area contributed by atoms with Crippen LogP contribution in [0.3, 0.4) is 0 Å². The number of benzene rings is 1. The van der Waals surface area contributed by atoms with E-state index < -0.39 is 17.5 Å². The van der Waals surface area contributed by atoms with Crippen LogP contribution >= 0.6 is 0 Å². The summed E-state index contributed by atoms with van der Waals surface area (Å²) in [5, 5.41) is 0. The molecule has 1 aliphatic heterocycles. The van der Waals surface area contributed by atoms with Gasteiger partial charge in [-0.1, -0.05) is 0 Å². The van der Waals surface area contributed by atoms with Gasteiger partial charge in [0.15, 0.2) is 0 Å². The first-order valence-electron chi connectivity index (χ1n) is 4.30. The zero-order valence-electron chi connectivity index (χ0n) is 7.99. The van der Waals surface area contributed by atoms with Crippen LogP contribution in [-0.4, -0.2) is 25.5 Å². The highest BCUT2D eigenvalue weighted by molar-refractivity contribution is 6.52. The molecule has 15 heavy (non-hydrogen) atoms. The van der Waals surface area contributed by atoms with E-state index in [9.17, 15) is 14.0 Å². The number of carbonyl (C=O) groups excluding carboxylic acids is 2. The van der Waals surface area contributed by atoms with Gasteiger partial charge >= 0.3 is 5.91 Å². The summed E-state index contributed by atoms with van der Waals surface area (Å²) in [6.45, 7) is -0.0107. The smallest absolute Gasteiger partial charge is 0.301 e. The Bertz CT molecular complexity index is 444. The van der Waals surface area contributed by atoms with E-state index in [0.29, 0.717) is 5.69 Å². The molecule has 0 saturated heterocycles. The third-order valence-electron chi connectivity index (χ3n) is 2.19. The maximum atomic E-state index is 12.9. The topological polar surface area (TPSA) is 46.6 Å². The number of ketones is 1. The van der Waals surface area contributed by atoms with Gasteiger partial charge in [0.05, 0.1) is 11.3 Å². The second-order valence-electron chi connectivity index (χ2n) is 3.14. The van der Waals surface area contributed by atoms with Crippen LogP contribution in [-0.2, 0) is 9.53 Å². The quantitative estimate of drug-likeness (QED) is 0.681. The highest BCUT2D eigenvalue weighted by atomic mass is 19.1. The predicted octanol–water partition coefficient (Wildman–Crippen LogP) is 0.959. The van der Waals surface area contributed by atoms with E-state index in [1.807, 2.05) is 0 Å². The fraction of sp³-hybridized carbons (Fsp3) is 0.200. The molecule has 1 amide bonds. The van der Waals surface area contributed by atoms with Gasteiger partial charge in [0.2, 0.25) is 0 Å². The number of amides is 1. The molecule has 0 radical (unpaired) electrons. The molecule has 0 aliphatic carbocycles. The van der Waals surface area contributed by atoms with Crippen molar-refractivity contribution in [2.24, 2.45) is 0 Å². The monoisotopic (exact) mass is 209 g/mol. The summed E-state index contributed by atoms with van der Waals surface area (Å²) in [5.74, 6) is -1.91. The van der Waals surface area contributed by atoms with Crippen molar-refractivity contribution in [3.05, 3.63) is 29.6 Å². The molecule has 0 saturated carbocycles. The summed E-state index contributed by atoms with van der Waals surface area (Å²) < 4.78 is 17.7. The molecule has 1 heterocycles. The minimum absolute atomic E-state index is 0.0107. The number of Topliss-reactive ketones (excluding diaryl/α,β-unsaturated/α-hetero) is 1. The van der Waals surface area contributed by atoms with Gasteiger partial charge in [0.25, 0.3) is 5.78 Å². The minimum Gasteiger partial charge on any atom is -0.364 e. The van der Waals surface area contributed by atoms with E-state index in [1.165, 1.54) is 24.1 Å². The van der Waals surface area contributed by atoms with Crippen molar-refractivity contribution < 1.29 is 18.7 Å². The molecule has 2 rings (SSSR count). The first kappa shape index (κ1) is 9.79. The van der Waals surface area contributed by atoms with Gasteiger partial charge < -0.3 is 4.74 Å². The number of methoxy groups -OCH3 is 1. The van der Waals surface area contributed by atoms with Crippen LogP contribution in [0.15, 0.2) is 18.2 Å². The molecule has 1 aromatic rings. The summed E-state index contributed by atoms with van der Waals surface area (Å²) in [5.41, 5.74) is 0.491. The number of anilines is 1. The molecule has 0 bridgehead atoms. The van der Waals surface area contributed by atoms with Crippen LogP contribution in [0.2, 0.25) is 0 Å². The third-order valence-corrected chi connectivity index (χ3v) is 2.19. The number of rotatable bonds is 2. The standard InChI is InChI=1S/C10H8FNO3/c1-15-5-12-8-3-2-6(11)4-7(8)9(13)10(12)14/h2-4H,5H2,1H3. The number of fused-ring (bicyclic) bond motifs is 1. The zero-order chi connectivity index (χ0) is 11.0. The molecule has 0 atom stereocenters. The summed E-state index contributed by atoms with van der Waals surface area (Å²) in [6, 6.07) is 3.66. The molecule has 1 aliphatic rings. The van der Waals surface area contributed by atoms with E-state index in [0.717, 1.165) is 6.07 Å². The predicted molar refractivity (Wildman–Crippen MR) is 50.1 cm³/mol. The van der Waals surface area contributed by atoms with Crippen LogP contribution < -0.4 is 4.90 Å². The molecule has 4 nitrogen and oxygen atoms in total. The Morgan fingerprint density at radius 3 is 2.80 bits per heavy atom. The van der Waals surface area contributed by atoms with Crippen molar-refractivity contribution in [1.82, 2.24) is 0 Å². The zero-order valence-corrected chi connectivity index (χ0v) is 7.99. The summed E-state index contributed by atoms with van der Waals surface area (Å²) in [4.78, 5) is 24.0. The minimum atomic E-state index is -0.693. The molecule has 0 spiro atoms. The van der Waals surface area contributed by atoms with E-state index in [1.54, 1.807) is 0 Å². The molecular formula is C10H8FNO3. The van der Waals surface area contributed by atoms with Crippen molar-refractivity contribution in [2.75, 3.05) is 18.7 Å². The SMILES string of the molecule is COCN1C(=O)C(=O)c2cc(F)ccc21. The van der Waals surface area contributed by atoms with E-state index in [4.69, 9.17) is 4.74 Å². The Balaban J connectivity index is 2.50. The Hall–Kier alpha value is -1.75. The van der Waals surface area contributed by atoms with E-state index in [2.05, 4.69) is 0 Å². The van der Waals surface area contributed by atoms with Crippen LogP contribution in [0.5, 0.6) is 0 Å². The van der Waals surface area contributed by atoms with Crippen molar-refractivity contribution >= 4 is 17.4 Å². The number of carbonyl (C=O) groups is 2. The molecule has 0 fully saturated rings. The lowest BCUT2D eigenvalue weighted by Gasteiger charge is -2.14. The number of ether oxygens (including phenoxy) is 1. The van der Waals surface area contributed by atoms with Gasteiger partial charge in [0.1, 0.15) is 12.5 Å². The molecule has 0 aromatic heterocycles. The van der Waals surface area contributed by atoms with Gasteiger partial charge in [-0.25, -0.2) is 4.39 Å². The summed E-state index contributed by atoms with van der Waals surface area (Å²) in [7, 11) is 1.42. The van der Waals surface area contributed by atoms with Crippen molar-refractivity contribution in [3.63, 3.8) is 0 Å². The van der Waals surface area contributed by atoms with Crippen LogP contribution in [0, 0.1) is 5.82 Å². The second-order valence-corrected chi connectivity index (χ2v) is 3.14. The van der Waals surface area contributed by atoms with Crippen molar-refractivity contribution in [3.8, 4) is 0 Å². The van der Waals surface area contributed by atoms with Crippen molar-refractivity contribution in [2.45, 2.75) is 0 Å². The number of nitrogens with zero attached hydrogens (tertiary/aromatic N) is 1. The van der Waals surface area contributed by atoms with Crippen LogP contribution in [0.25, 0.3) is 0 Å². The average molecular weight is 209 g/mol. The first-order valence-corrected chi connectivity index (χ1v) is 4.30. The van der Waals surface area contributed by atoms with Gasteiger partial charge in [-0.05, 0) is 18.2 Å². The van der Waals surface area contributed by atoms with Gasteiger partial charge in [0, 0.05) is 7.11 Å².